The van der Waals surface area contributed by atoms with Gasteiger partial charge in [-0.15, -0.1) is 0 Å². The van der Waals surface area contributed by atoms with Gasteiger partial charge in [-0.1, -0.05) is 20.3 Å². The van der Waals surface area contributed by atoms with Crippen molar-refractivity contribution in [2.45, 2.75) is 33.1 Å². The third kappa shape index (κ3) is 2.92. The summed E-state index contributed by atoms with van der Waals surface area (Å²) in [5.41, 5.74) is 3.20. The molecule has 2 aromatic rings. The molecule has 0 saturated heterocycles. The summed E-state index contributed by atoms with van der Waals surface area (Å²) in [6.07, 6.45) is 6.54. The van der Waals surface area contributed by atoms with Crippen molar-refractivity contribution in [1.29, 1.82) is 0 Å². The van der Waals surface area contributed by atoms with E-state index in [1.807, 2.05) is 17.8 Å². The van der Waals surface area contributed by atoms with Crippen LogP contribution in [0.2, 0.25) is 0 Å². The van der Waals surface area contributed by atoms with E-state index < -0.39 is 0 Å². The Kier molecular flexibility index (Phi) is 4.49. The molecule has 19 heavy (non-hydrogen) atoms. The van der Waals surface area contributed by atoms with Gasteiger partial charge in [-0.25, -0.2) is 9.97 Å². The maximum atomic E-state index is 4.46. The minimum Gasteiger partial charge on any atom is -0.370 e. The van der Waals surface area contributed by atoms with Gasteiger partial charge in [0.15, 0.2) is 0 Å². The molecule has 0 aliphatic rings. The molecule has 0 fully saturated rings. The molecule has 0 radical (unpaired) electrons. The number of anilines is 1. The first-order valence-corrected chi connectivity index (χ1v) is 6.84. The van der Waals surface area contributed by atoms with Crippen LogP contribution in [0.5, 0.6) is 0 Å². The lowest BCUT2D eigenvalue weighted by Gasteiger charge is -2.13. The predicted octanol–water partition coefficient (Wildman–Crippen LogP) is 2.65. The van der Waals surface area contributed by atoms with Crippen LogP contribution in [-0.2, 0) is 13.5 Å². The first-order chi connectivity index (χ1) is 9.27. The average Bonchev–Trinajstić information content (AvgIpc) is 2.84. The van der Waals surface area contributed by atoms with Crippen LogP contribution in [0.3, 0.4) is 0 Å². The first-order valence-electron chi connectivity index (χ1n) is 6.84. The summed E-state index contributed by atoms with van der Waals surface area (Å²) in [4.78, 5) is 8.84. The van der Waals surface area contributed by atoms with Crippen molar-refractivity contribution in [2.24, 2.45) is 7.05 Å². The van der Waals surface area contributed by atoms with Crippen molar-refractivity contribution in [3.8, 4) is 11.4 Å². The fraction of sp³-hybridized carbons (Fsp3) is 0.500. The highest BCUT2D eigenvalue weighted by Crippen LogP contribution is 2.26. The lowest BCUT2D eigenvalue weighted by Crippen LogP contribution is -2.09. The van der Waals surface area contributed by atoms with Gasteiger partial charge in [0.05, 0.1) is 11.4 Å². The Hall–Kier alpha value is -1.91. The molecule has 0 aromatic carbocycles. The van der Waals surface area contributed by atoms with E-state index in [2.05, 4.69) is 34.2 Å². The van der Waals surface area contributed by atoms with Crippen LogP contribution in [-0.4, -0.2) is 26.3 Å². The standard InChI is InChI=1S/C14H21N5/c1-4-6-11-13(12-7-9-18-19(12)3)16-10-17-14(11)15-8-5-2/h7,9-10H,4-6,8H2,1-3H3,(H,15,16,17). The molecule has 2 heterocycles. The van der Waals surface area contributed by atoms with Crippen LogP contribution < -0.4 is 5.32 Å². The Balaban J connectivity index is 2.45. The van der Waals surface area contributed by atoms with E-state index in [0.717, 1.165) is 43.0 Å². The number of hydrogen-bond acceptors (Lipinski definition) is 4. The summed E-state index contributed by atoms with van der Waals surface area (Å²) in [6, 6.07) is 1.99. The Morgan fingerprint density at radius 1 is 1.21 bits per heavy atom. The van der Waals surface area contributed by atoms with Gasteiger partial charge in [-0.05, 0) is 18.9 Å². The molecule has 0 unspecified atom stereocenters. The van der Waals surface area contributed by atoms with E-state index in [9.17, 15) is 0 Å². The Morgan fingerprint density at radius 3 is 2.68 bits per heavy atom. The van der Waals surface area contributed by atoms with Crippen LogP contribution in [0.1, 0.15) is 32.3 Å². The molecule has 0 aliphatic carbocycles. The van der Waals surface area contributed by atoms with E-state index in [1.165, 1.54) is 5.56 Å². The summed E-state index contributed by atoms with van der Waals surface area (Å²) in [7, 11) is 1.94. The van der Waals surface area contributed by atoms with Gasteiger partial charge >= 0.3 is 0 Å². The predicted molar refractivity (Wildman–Crippen MR) is 77.0 cm³/mol. The zero-order valence-electron chi connectivity index (χ0n) is 11.8. The van der Waals surface area contributed by atoms with E-state index in [4.69, 9.17) is 0 Å². The molecule has 2 rings (SSSR count). The molecule has 0 saturated carbocycles. The molecular formula is C14H21N5. The zero-order valence-corrected chi connectivity index (χ0v) is 11.8. The fourth-order valence-electron chi connectivity index (χ4n) is 2.12. The highest BCUT2D eigenvalue weighted by atomic mass is 15.3. The van der Waals surface area contributed by atoms with Crippen LogP contribution in [0.4, 0.5) is 5.82 Å². The van der Waals surface area contributed by atoms with Gasteiger partial charge in [0.1, 0.15) is 12.1 Å². The van der Waals surface area contributed by atoms with Gasteiger partial charge in [-0.3, -0.25) is 4.68 Å². The van der Waals surface area contributed by atoms with Gasteiger partial charge in [0.2, 0.25) is 0 Å². The molecule has 2 aromatic heterocycles. The highest BCUT2D eigenvalue weighted by molar-refractivity contribution is 5.65. The second-order valence-corrected chi connectivity index (χ2v) is 4.57. The Bertz CT molecular complexity index is 532. The normalized spacial score (nSPS) is 10.7. The zero-order chi connectivity index (χ0) is 13.7. The number of nitrogens with one attached hydrogen (secondary N) is 1. The van der Waals surface area contributed by atoms with Crippen molar-refractivity contribution in [1.82, 2.24) is 19.7 Å². The largest absolute Gasteiger partial charge is 0.370 e. The molecule has 0 amide bonds. The average molecular weight is 259 g/mol. The maximum absolute atomic E-state index is 4.46. The van der Waals surface area contributed by atoms with Crippen molar-refractivity contribution in [3.05, 3.63) is 24.2 Å². The summed E-state index contributed by atoms with van der Waals surface area (Å²) >= 11 is 0. The van der Waals surface area contributed by atoms with Gasteiger partial charge in [0.25, 0.3) is 0 Å². The molecule has 1 N–H and O–H groups in total. The van der Waals surface area contributed by atoms with Crippen LogP contribution in [0, 0.1) is 0 Å². The lowest BCUT2D eigenvalue weighted by atomic mass is 10.1. The topological polar surface area (TPSA) is 55.6 Å². The molecule has 5 heteroatoms. The van der Waals surface area contributed by atoms with Gasteiger partial charge < -0.3 is 5.32 Å². The number of rotatable bonds is 6. The van der Waals surface area contributed by atoms with Crippen LogP contribution in [0.15, 0.2) is 18.6 Å². The summed E-state index contributed by atoms with van der Waals surface area (Å²) in [6.45, 7) is 5.25. The van der Waals surface area contributed by atoms with E-state index in [1.54, 1.807) is 12.5 Å². The maximum Gasteiger partial charge on any atom is 0.133 e. The molecular weight excluding hydrogens is 238 g/mol. The smallest absolute Gasteiger partial charge is 0.133 e. The minimum atomic E-state index is 0.929. The summed E-state index contributed by atoms with van der Waals surface area (Å²) < 4.78 is 1.85. The number of hydrogen-bond donors (Lipinski definition) is 1. The molecule has 0 atom stereocenters. The Labute approximate surface area is 114 Å². The van der Waals surface area contributed by atoms with E-state index in [0.29, 0.717) is 0 Å². The van der Waals surface area contributed by atoms with Crippen molar-refractivity contribution < 1.29 is 0 Å². The van der Waals surface area contributed by atoms with Gasteiger partial charge in [-0.2, -0.15) is 5.10 Å². The molecule has 0 aliphatic heterocycles. The second kappa shape index (κ2) is 6.31. The van der Waals surface area contributed by atoms with E-state index >= 15 is 0 Å². The van der Waals surface area contributed by atoms with Gasteiger partial charge in [0, 0.05) is 25.4 Å². The van der Waals surface area contributed by atoms with Crippen molar-refractivity contribution in [3.63, 3.8) is 0 Å². The number of aromatic nitrogens is 4. The van der Waals surface area contributed by atoms with Crippen LogP contribution >= 0.6 is 0 Å². The third-order valence-corrected chi connectivity index (χ3v) is 3.05. The first kappa shape index (κ1) is 13.5. The molecule has 5 nitrogen and oxygen atoms in total. The lowest BCUT2D eigenvalue weighted by molar-refractivity contribution is 0.769. The summed E-state index contributed by atoms with van der Waals surface area (Å²) in [5, 5.41) is 7.61. The van der Waals surface area contributed by atoms with Crippen LogP contribution in [0.25, 0.3) is 11.4 Å². The monoisotopic (exact) mass is 259 g/mol. The fourth-order valence-corrected chi connectivity index (χ4v) is 2.12. The second-order valence-electron chi connectivity index (χ2n) is 4.57. The Morgan fingerprint density at radius 2 is 2.05 bits per heavy atom. The number of nitrogens with zero attached hydrogens (tertiary/aromatic N) is 4. The quantitative estimate of drug-likeness (QED) is 0.866. The third-order valence-electron chi connectivity index (χ3n) is 3.05. The van der Waals surface area contributed by atoms with Crippen molar-refractivity contribution in [2.75, 3.05) is 11.9 Å². The van der Waals surface area contributed by atoms with E-state index in [-0.39, 0.29) is 0 Å². The molecule has 0 bridgehead atoms. The molecule has 0 spiro atoms. The number of aryl methyl sites for hydroxylation is 1. The SMILES string of the molecule is CCCNc1ncnc(-c2ccnn2C)c1CCC. The van der Waals surface area contributed by atoms with Crippen molar-refractivity contribution >= 4 is 5.82 Å². The molecule has 102 valence electrons. The summed E-state index contributed by atoms with van der Waals surface area (Å²) in [5.74, 6) is 0.954. The highest BCUT2D eigenvalue weighted by Gasteiger charge is 2.14. The minimum absolute atomic E-state index is 0.929.